The molecule has 0 spiro atoms. The highest BCUT2D eigenvalue weighted by Gasteiger charge is 2.43. The lowest BCUT2D eigenvalue weighted by Crippen LogP contribution is -2.62. The summed E-state index contributed by atoms with van der Waals surface area (Å²) < 4.78 is 0. The normalized spacial score (nSPS) is 26.5. The van der Waals surface area contributed by atoms with E-state index in [-0.39, 0.29) is 0 Å². The van der Waals surface area contributed by atoms with Crippen LogP contribution < -0.4 is 10.6 Å². The standard InChI is InChI=1S/C10H13N3O4/c14-5-13-4-2-1-3-6(13)7-8(15)11-10(17)12-9(7)16/h5-7H,1-4H2,(H2,11,12,15,16,17). The van der Waals surface area contributed by atoms with Crippen molar-refractivity contribution in [3.63, 3.8) is 0 Å². The Morgan fingerprint density at radius 1 is 1.12 bits per heavy atom. The lowest BCUT2D eigenvalue weighted by atomic mass is 9.88. The largest absolute Gasteiger partial charge is 0.341 e. The third kappa shape index (κ3) is 2.13. The van der Waals surface area contributed by atoms with E-state index in [0.29, 0.717) is 19.4 Å². The highest BCUT2D eigenvalue weighted by molar-refractivity contribution is 6.16. The fourth-order valence-electron chi connectivity index (χ4n) is 2.35. The van der Waals surface area contributed by atoms with Gasteiger partial charge in [0, 0.05) is 6.54 Å². The molecule has 1 atom stereocenters. The molecule has 0 bridgehead atoms. The van der Waals surface area contributed by atoms with Crippen LogP contribution in [0.25, 0.3) is 0 Å². The zero-order valence-corrected chi connectivity index (χ0v) is 9.14. The molecule has 7 nitrogen and oxygen atoms in total. The molecule has 2 aliphatic heterocycles. The van der Waals surface area contributed by atoms with E-state index in [9.17, 15) is 19.2 Å². The summed E-state index contributed by atoms with van der Waals surface area (Å²) in [5, 5.41) is 4.10. The summed E-state index contributed by atoms with van der Waals surface area (Å²) in [7, 11) is 0. The van der Waals surface area contributed by atoms with E-state index in [0.717, 1.165) is 12.8 Å². The third-order valence-corrected chi connectivity index (χ3v) is 3.15. The molecule has 2 aliphatic rings. The SMILES string of the molecule is O=CN1CCCCC1C1C(=O)NC(=O)NC1=O. The molecule has 2 rings (SSSR count). The molecule has 0 radical (unpaired) electrons. The number of carbonyl (C=O) groups is 4. The molecule has 5 amide bonds. The number of hydrogen-bond acceptors (Lipinski definition) is 4. The van der Waals surface area contributed by atoms with Gasteiger partial charge in [-0.2, -0.15) is 0 Å². The number of urea groups is 1. The fourth-order valence-corrected chi connectivity index (χ4v) is 2.35. The maximum absolute atomic E-state index is 11.6. The Kier molecular flexibility index (Phi) is 3.08. The Balaban J connectivity index is 2.19. The van der Waals surface area contributed by atoms with Crippen LogP contribution in [0.4, 0.5) is 4.79 Å². The molecule has 0 aliphatic carbocycles. The molecule has 92 valence electrons. The maximum Gasteiger partial charge on any atom is 0.328 e. The quantitative estimate of drug-likeness (QED) is 0.476. The third-order valence-electron chi connectivity index (χ3n) is 3.15. The van der Waals surface area contributed by atoms with Gasteiger partial charge in [-0.1, -0.05) is 0 Å². The van der Waals surface area contributed by atoms with E-state index >= 15 is 0 Å². The summed E-state index contributed by atoms with van der Waals surface area (Å²) >= 11 is 0. The van der Waals surface area contributed by atoms with Gasteiger partial charge < -0.3 is 4.90 Å². The van der Waals surface area contributed by atoms with Crippen LogP contribution >= 0.6 is 0 Å². The average molecular weight is 239 g/mol. The Morgan fingerprint density at radius 2 is 1.76 bits per heavy atom. The molecule has 0 aromatic rings. The first-order valence-corrected chi connectivity index (χ1v) is 5.50. The average Bonchev–Trinajstić information content (AvgIpc) is 2.28. The molecule has 1 unspecified atom stereocenters. The van der Waals surface area contributed by atoms with Gasteiger partial charge >= 0.3 is 6.03 Å². The first-order valence-electron chi connectivity index (χ1n) is 5.50. The van der Waals surface area contributed by atoms with Crippen LogP contribution in [0, 0.1) is 5.92 Å². The van der Waals surface area contributed by atoms with Gasteiger partial charge in [-0.25, -0.2) is 4.79 Å². The summed E-state index contributed by atoms with van der Waals surface area (Å²) in [6.45, 7) is 0.541. The van der Waals surface area contributed by atoms with E-state index in [4.69, 9.17) is 0 Å². The van der Waals surface area contributed by atoms with Crippen LogP contribution in [-0.2, 0) is 14.4 Å². The monoisotopic (exact) mass is 239 g/mol. The van der Waals surface area contributed by atoms with Crippen molar-refractivity contribution in [2.45, 2.75) is 25.3 Å². The van der Waals surface area contributed by atoms with E-state index in [1.54, 1.807) is 0 Å². The lowest BCUT2D eigenvalue weighted by molar-refractivity contribution is -0.141. The highest BCUT2D eigenvalue weighted by atomic mass is 16.2. The van der Waals surface area contributed by atoms with E-state index in [2.05, 4.69) is 0 Å². The highest BCUT2D eigenvalue weighted by Crippen LogP contribution is 2.23. The van der Waals surface area contributed by atoms with Gasteiger partial charge in [0.05, 0.1) is 6.04 Å². The number of likely N-dealkylation sites (tertiary alicyclic amines) is 1. The summed E-state index contributed by atoms with van der Waals surface area (Å²) in [6.07, 6.45) is 2.98. The van der Waals surface area contributed by atoms with Gasteiger partial charge in [0.15, 0.2) is 0 Å². The topological polar surface area (TPSA) is 95.6 Å². The molecule has 0 aromatic heterocycles. The van der Waals surface area contributed by atoms with Gasteiger partial charge in [-0.3, -0.25) is 25.0 Å². The van der Waals surface area contributed by atoms with Gasteiger partial charge in [0.1, 0.15) is 5.92 Å². The Bertz CT molecular complexity index is 362. The number of carbonyl (C=O) groups excluding carboxylic acids is 4. The smallest absolute Gasteiger partial charge is 0.328 e. The number of piperidine rings is 1. The van der Waals surface area contributed by atoms with Crippen molar-refractivity contribution in [2.75, 3.05) is 6.54 Å². The van der Waals surface area contributed by atoms with Gasteiger partial charge in [-0.15, -0.1) is 0 Å². The van der Waals surface area contributed by atoms with Crippen molar-refractivity contribution < 1.29 is 19.2 Å². The van der Waals surface area contributed by atoms with E-state index in [1.807, 2.05) is 10.6 Å². The van der Waals surface area contributed by atoms with Crippen molar-refractivity contribution in [1.29, 1.82) is 0 Å². The molecule has 2 heterocycles. The van der Waals surface area contributed by atoms with Crippen molar-refractivity contribution in [3.8, 4) is 0 Å². The molecule has 0 saturated carbocycles. The van der Waals surface area contributed by atoms with Crippen LogP contribution in [0.1, 0.15) is 19.3 Å². The van der Waals surface area contributed by atoms with Crippen molar-refractivity contribution in [1.82, 2.24) is 15.5 Å². The van der Waals surface area contributed by atoms with Crippen LogP contribution in [0.2, 0.25) is 0 Å². The number of nitrogens with one attached hydrogen (secondary N) is 2. The first-order chi connectivity index (χ1) is 8.13. The Morgan fingerprint density at radius 3 is 2.35 bits per heavy atom. The number of hydrogen-bond donors (Lipinski definition) is 2. The molecule has 17 heavy (non-hydrogen) atoms. The van der Waals surface area contributed by atoms with Crippen LogP contribution in [0.15, 0.2) is 0 Å². The minimum atomic E-state index is -0.988. The molecular formula is C10H13N3O4. The van der Waals surface area contributed by atoms with Crippen molar-refractivity contribution >= 4 is 24.3 Å². The molecule has 0 aromatic carbocycles. The summed E-state index contributed by atoms with van der Waals surface area (Å²) in [5.74, 6) is -2.24. The minimum Gasteiger partial charge on any atom is -0.341 e. The number of amides is 5. The zero-order valence-electron chi connectivity index (χ0n) is 9.14. The van der Waals surface area contributed by atoms with Crippen LogP contribution in [0.5, 0.6) is 0 Å². The second-order valence-electron chi connectivity index (χ2n) is 4.19. The zero-order chi connectivity index (χ0) is 12.4. The molecule has 2 saturated heterocycles. The molecular weight excluding hydrogens is 226 g/mol. The predicted octanol–water partition coefficient (Wildman–Crippen LogP) is -1.02. The van der Waals surface area contributed by atoms with Crippen LogP contribution in [-0.4, -0.2) is 41.7 Å². The number of rotatable bonds is 2. The van der Waals surface area contributed by atoms with E-state index < -0.39 is 29.8 Å². The van der Waals surface area contributed by atoms with Crippen LogP contribution in [0.3, 0.4) is 0 Å². The van der Waals surface area contributed by atoms with Gasteiger partial charge in [0.25, 0.3) is 0 Å². The minimum absolute atomic E-state index is 0.450. The fraction of sp³-hybridized carbons (Fsp3) is 0.600. The molecule has 7 heteroatoms. The first kappa shape index (κ1) is 11.6. The summed E-state index contributed by atoms with van der Waals surface area (Å²) in [4.78, 5) is 46.5. The Hall–Kier alpha value is -1.92. The van der Waals surface area contributed by atoms with Gasteiger partial charge in [-0.05, 0) is 19.3 Å². The summed E-state index contributed by atoms with van der Waals surface area (Å²) in [5.41, 5.74) is 0. The second-order valence-corrected chi connectivity index (χ2v) is 4.19. The number of barbiturate groups is 1. The predicted molar refractivity (Wildman–Crippen MR) is 55.6 cm³/mol. The Labute approximate surface area is 97.5 Å². The van der Waals surface area contributed by atoms with Crippen molar-refractivity contribution in [2.24, 2.45) is 5.92 Å². The number of imide groups is 2. The second kappa shape index (κ2) is 4.52. The maximum atomic E-state index is 11.6. The molecule has 2 N–H and O–H groups in total. The van der Waals surface area contributed by atoms with E-state index in [1.165, 1.54) is 4.90 Å². The van der Waals surface area contributed by atoms with Gasteiger partial charge in [0.2, 0.25) is 18.2 Å². The lowest BCUT2D eigenvalue weighted by Gasteiger charge is -2.37. The molecule has 2 fully saturated rings. The summed E-state index contributed by atoms with van der Waals surface area (Å²) in [6, 6.07) is -1.25. The number of nitrogens with zero attached hydrogens (tertiary/aromatic N) is 1. The van der Waals surface area contributed by atoms with Crippen molar-refractivity contribution in [3.05, 3.63) is 0 Å².